The van der Waals surface area contributed by atoms with Crippen LogP contribution in [0.25, 0.3) is 11.4 Å². The monoisotopic (exact) mass is 431 g/mol. The van der Waals surface area contributed by atoms with E-state index in [9.17, 15) is 14.8 Å². The van der Waals surface area contributed by atoms with Crippen molar-refractivity contribution in [2.75, 3.05) is 38.1 Å². The first kappa shape index (κ1) is 22.2. The van der Waals surface area contributed by atoms with Crippen LogP contribution in [0.15, 0.2) is 30.3 Å². The van der Waals surface area contributed by atoms with E-state index in [1.54, 1.807) is 0 Å². The molecule has 3 rings (SSSR count). The summed E-state index contributed by atoms with van der Waals surface area (Å²) in [5.41, 5.74) is 0.990. The highest BCUT2D eigenvalue weighted by Crippen LogP contribution is 2.26. The number of anilines is 1. The minimum Gasteiger partial charge on any atom is -0.343 e. The molecule has 0 saturated carbocycles. The van der Waals surface area contributed by atoms with Crippen LogP contribution in [0.3, 0.4) is 0 Å². The summed E-state index contributed by atoms with van der Waals surface area (Å²) in [6.45, 7) is 6.58. The highest BCUT2D eigenvalue weighted by Gasteiger charge is 2.31. The van der Waals surface area contributed by atoms with Crippen LogP contribution in [0.4, 0.5) is 5.13 Å². The molecule has 0 unspecified atom stereocenters. The van der Waals surface area contributed by atoms with Crippen molar-refractivity contribution in [3.05, 3.63) is 30.3 Å². The van der Waals surface area contributed by atoms with Crippen molar-refractivity contribution in [3.8, 4) is 11.4 Å². The van der Waals surface area contributed by atoms with Gasteiger partial charge in [0, 0.05) is 62.7 Å². The Morgan fingerprint density at radius 3 is 2.43 bits per heavy atom. The largest absolute Gasteiger partial charge is 0.343 e. The summed E-state index contributed by atoms with van der Waals surface area (Å²) in [4.78, 5) is 33.7. The van der Waals surface area contributed by atoms with Crippen molar-refractivity contribution in [2.45, 2.75) is 26.7 Å². The first-order valence-electron chi connectivity index (χ1n) is 10.2. The van der Waals surface area contributed by atoms with Gasteiger partial charge in [-0.15, -0.1) is 0 Å². The third kappa shape index (κ3) is 5.54. The maximum absolute atomic E-state index is 13.1. The highest BCUT2D eigenvalue weighted by atomic mass is 32.1. The Balaban J connectivity index is 1.60. The molecular formula is C21H29N5O3S. The molecule has 2 amide bonds. The predicted octanol–water partition coefficient (Wildman–Crippen LogP) is 2.75. The molecule has 1 saturated heterocycles. The van der Waals surface area contributed by atoms with Gasteiger partial charge < -0.3 is 9.80 Å². The zero-order valence-corrected chi connectivity index (χ0v) is 18.5. The van der Waals surface area contributed by atoms with Gasteiger partial charge in [0.05, 0.1) is 0 Å². The van der Waals surface area contributed by atoms with Crippen LogP contribution in [0.5, 0.6) is 0 Å². The Bertz CT molecular complexity index is 847. The van der Waals surface area contributed by atoms with E-state index in [0.29, 0.717) is 37.7 Å². The fraction of sp³-hybridized carbons (Fsp3) is 0.524. The number of nitrogens with zero attached hydrogens (tertiary/aromatic N) is 5. The fourth-order valence-electron chi connectivity index (χ4n) is 3.61. The zero-order valence-electron chi connectivity index (χ0n) is 17.7. The molecule has 0 bridgehead atoms. The molecule has 1 aliphatic rings. The van der Waals surface area contributed by atoms with E-state index in [1.165, 1.54) is 18.6 Å². The Kier molecular flexibility index (Phi) is 7.38. The second-order valence-corrected chi connectivity index (χ2v) is 8.76. The summed E-state index contributed by atoms with van der Waals surface area (Å²) in [5, 5.41) is 10.8. The number of hydrogen-bond donors (Lipinski definition) is 1. The summed E-state index contributed by atoms with van der Waals surface area (Å²) in [6.07, 6.45) is 0.649. The second-order valence-electron chi connectivity index (χ2n) is 8.03. The van der Waals surface area contributed by atoms with Crippen molar-refractivity contribution in [3.63, 3.8) is 0 Å². The SMILES string of the molecule is CC(C)C[C@@H](CC(=O)N(C)O)C(=O)N1CCN(c2nc(-c3ccccc3)ns2)CC1. The molecule has 1 aromatic carbocycles. The van der Waals surface area contributed by atoms with Gasteiger partial charge in [0.25, 0.3) is 0 Å². The van der Waals surface area contributed by atoms with Gasteiger partial charge in [-0.25, -0.2) is 5.06 Å². The zero-order chi connectivity index (χ0) is 21.7. The van der Waals surface area contributed by atoms with Crippen LogP contribution in [-0.4, -0.2) is 69.6 Å². The molecule has 0 spiro atoms. The Labute approximate surface area is 181 Å². The number of carbonyl (C=O) groups is 2. The van der Waals surface area contributed by atoms with Gasteiger partial charge in [0.2, 0.25) is 16.9 Å². The first-order valence-corrected chi connectivity index (χ1v) is 11.0. The number of hydroxylamine groups is 2. The summed E-state index contributed by atoms with van der Waals surface area (Å²) in [5.74, 6) is 0.146. The van der Waals surface area contributed by atoms with Gasteiger partial charge in [-0.2, -0.15) is 9.36 Å². The quantitative estimate of drug-likeness (QED) is 0.536. The second kappa shape index (κ2) is 9.99. The van der Waals surface area contributed by atoms with Crippen molar-refractivity contribution < 1.29 is 14.8 Å². The molecule has 1 aliphatic heterocycles. The third-order valence-corrected chi connectivity index (χ3v) is 5.97. The van der Waals surface area contributed by atoms with E-state index in [-0.39, 0.29) is 18.2 Å². The maximum Gasteiger partial charge on any atom is 0.246 e. The van der Waals surface area contributed by atoms with Crippen molar-refractivity contribution >= 4 is 28.5 Å². The van der Waals surface area contributed by atoms with Gasteiger partial charge in [-0.1, -0.05) is 44.2 Å². The minimum atomic E-state index is -0.435. The Hall–Kier alpha value is -2.52. The van der Waals surface area contributed by atoms with Crippen LogP contribution < -0.4 is 4.90 Å². The van der Waals surface area contributed by atoms with E-state index >= 15 is 0 Å². The average molecular weight is 432 g/mol. The van der Waals surface area contributed by atoms with E-state index in [0.717, 1.165) is 16.5 Å². The maximum atomic E-state index is 13.1. The standard InChI is InChI=1S/C21H29N5O3S/c1-15(2)13-17(14-18(27)24(3)29)20(28)25-9-11-26(12-10-25)21-22-19(23-30-21)16-7-5-4-6-8-16/h4-8,15,17,29H,9-14H2,1-3H3/t17-/m0/s1. The van der Waals surface area contributed by atoms with Crippen molar-refractivity contribution in [2.24, 2.45) is 11.8 Å². The average Bonchev–Trinajstić information content (AvgIpc) is 3.23. The van der Waals surface area contributed by atoms with Crippen LogP contribution in [0.2, 0.25) is 0 Å². The normalized spacial score (nSPS) is 15.4. The smallest absolute Gasteiger partial charge is 0.246 e. The third-order valence-electron chi connectivity index (χ3n) is 5.20. The first-order chi connectivity index (χ1) is 14.3. The van der Waals surface area contributed by atoms with Crippen LogP contribution >= 0.6 is 11.5 Å². The fourth-order valence-corrected chi connectivity index (χ4v) is 4.35. The molecule has 0 radical (unpaired) electrons. The predicted molar refractivity (Wildman–Crippen MR) is 116 cm³/mol. The van der Waals surface area contributed by atoms with E-state index < -0.39 is 11.8 Å². The molecule has 9 heteroatoms. The lowest BCUT2D eigenvalue weighted by atomic mass is 9.92. The van der Waals surface area contributed by atoms with E-state index in [2.05, 4.69) is 14.3 Å². The summed E-state index contributed by atoms with van der Waals surface area (Å²) < 4.78 is 4.47. The van der Waals surface area contributed by atoms with Crippen LogP contribution in [0.1, 0.15) is 26.7 Å². The molecule has 1 N–H and O–H groups in total. The number of piperazine rings is 1. The van der Waals surface area contributed by atoms with Gasteiger partial charge >= 0.3 is 0 Å². The highest BCUT2D eigenvalue weighted by molar-refractivity contribution is 7.09. The molecule has 1 fully saturated rings. The topological polar surface area (TPSA) is 89.9 Å². The lowest BCUT2D eigenvalue weighted by Gasteiger charge is -2.36. The molecule has 2 aromatic rings. The van der Waals surface area contributed by atoms with Gasteiger partial charge in [-0.3, -0.25) is 14.8 Å². The molecule has 8 nitrogen and oxygen atoms in total. The molecule has 2 heterocycles. The summed E-state index contributed by atoms with van der Waals surface area (Å²) in [6, 6.07) is 9.87. The Morgan fingerprint density at radius 2 is 1.83 bits per heavy atom. The van der Waals surface area contributed by atoms with Gasteiger partial charge in [-0.05, 0) is 12.3 Å². The number of benzene rings is 1. The lowest BCUT2D eigenvalue weighted by Crippen LogP contribution is -2.51. The van der Waals surface area contributed by atoms with Gasteiger partial charge in [0.15, 0.2) is 5.82 Å². The summed E-state index contributed by atoms with van der Waals surface area (Å²) in [7, 11) is 1.30. The van der Waals surface area contributed by atoms with E-state index in [1.807, 2.05) is 49.1 Å². The number of hydrogen-bond acceptors (Lipinski definition) is 7. The minimum absolute atomic E-state index is 0.0132. The van der Waals surface area contributed by atoms with Crippen molar-refractivity contribution in [1.82, 2.24) is 19.3 Å². The van der Waals surface area contributed by atoms with Gasteiger partial charge in [0.1, 0.15) is 0 Å². The number of carbonyl (C=O) groups excluding carboxylic acids is 2. The molecule has 0 aliphatic carbocycles. The molecule has 1 atom stereocenters. The lowest BCUT2D eigenvalue weighted by molar-refractivity contribution is -0.162. The number of rotatable bonds is 7. The number of aromatic nitrogens is 2. The number of amides is 2. The molecule has 30 heavy (non-hydrogen) atoms. The van der Waals surface area contributed by atoms with Crippen LogP contribution in [-0.2, 0) is 9.59 Å². The Morgan fingerprint density at radius 1 is 1.17 bits per heavy atom. The van der Waals surface area contributed by atoms with Crippen molar-refractivity contribution in [1.29, 1.82) is 0 Å². The molecule has 1 aromatic heterocycles. The molecule has 162 valence electrons. The van der Waals surface area contributed by atoms with Crippen LogP contribution in [0, 0.1) is 11.8 Å². The molecular weight excluding hydrogens is 402 g/mol. The summed E-state index contributed by atoms with van der Waals surface area (Å²) >= 11 is 1.37. The van der Waals surface area contributed by atoms with E-state index in [4.69, 9.17) is 0 Å².